The number of carbonyl (C=O) groups is 8. The van der Waals surface area contributed by atoms with E-state index in [0.29, 0.717) is 0 Å². The van der Waals surface area contributed by atoms with E-state index in [2.05, 4.69) is 54.7 Å². The van der Waals surface area contributed by atoms with Gasteiger partial charge in [-0.05, 0) is 112 Å². The zero-order valence-electron chi connectivity index (χ0n) is 43.3. The number of amides is 8. The standard InChI is InChI=1S/C53H78N10O8/c1-30(54-9)46(66)60-44(52(3,4)5)50(70)62-28-34(25-40(62)48(68)58-38-23-15-19-32-17-11-13-21-36(32)38)56-42(64)27-43(65)57-35-26-41(49(69)59-39-24-16-20-33-18-12-14-22-37(33)39)63(29-35)51(71)45(53(6,7)8)61-47(67)31(2)55-10/h11-14,17-18,21-22,30-31,34-35,38-41,44-45,54-55H,15-16,19-20,23-29H2,1-10H3,(H,56,64)(H,57,65)(H,58,68)(H,59,69)(H,60,66)(H,61,67)/t30-,31-,34-,35-,38+,39+,40-,41-,44+,45+/m0/s1. The van der Waals surface area contributed by atoms with Gasteiger partial charge < -0.3 is 52.3 Å². The van der Waals surface area contributed by atoms with Crippen LogP contribution < -0.4 is 42.5 Å². The third-order valence-corrected chi connectivity index (χ3v) is 14.6. The molecule has 71 heavy (non-hydrogen) atoms. The Labute approximate surface area is 419 Å². The Morgan fingerprint density at radius 2 is 0.930 bits per heavy atom. The molecule has 2 heterocycles. The minimum absolute atomic E-state index is 0.0455. The van der Waals surface area contributed by atoms with E-state index in [9.17, 15) is 38.4 Å². The van der Waals surface area contributed by atoms with Crippen LogP contribution in [0.15, 0.2) is 48.5 Å². The van der Waals surface area contributed by atoms with Crippen LogP contribution in [0, 0.1) is 10.8 Å². The molecule has 2 aromatic carbocycles. The van der Waals surface area contributed by atoms with Crippen molar-refractivity contribution < 1.29 is 38.4 Å². The quantitative estimate of drug-likeness (QED) is 0.114. The van der Waals surface area contributed by atoms with Crippen molar-refractivity contribution in [2.75, 3.05) is 27.2 Å². The van der Waals surface area contributed by atoms with Gasteiger partial charge in [-0.15, -0.1) is 0 Å². The predicted molar refractivity (Wildman–Crippen MR) is 269 cm³/mol. The number of fused-ring (bicyclic) bond motifs is 2. The van der Waals surface area contributed by atoms with Crippen LogP contribution in [-0.2, 0) is 51.2 Å². The van der Waals surface area contributed by atoms with Crippen LogP contribution >= 0.6 is 0 Å². The highest BCUT2D eigenvalue weighted by atomic mass is 16.2. The van der Waals surface area contributed by atoms with Gasteiger partial charge in [-0.1, -0.05) is 90.1 Å². The SMILES string of the molecule is CN[C@@H](C)C(=O)N[C@H](C(=O)N1C[C@@H](NC(=O)CC(=O)N[C@H]2C[C@@H](C(=O)N[C@@H]3CCCc4ccccc43)N(C(=O)[C@@H](NC(=O)[C@H](C)NC)C(C)(C)C)C2)C[C@H]1C(=O)N[C@@H]1CCCc2ccccc21)C(C)(C)C. The number of benzene rings is 2. The summed E-state index contributed by atoms with van der Waals surface area (Å²) in [4.78, 5) is 115. The number of carbonyl (C=O) groups excluding carboxylic acids is 8. The Morgan fingerprint density at radius 3 is 1.28 bits per heavy atom. The zero-order chi connectivity index (χ0) is 51.9. The number of likely N-dealkylation sites (N-methyl/N-ethyl adjacent to an activating group) is 2. The molecule has 8 N–H and O–H groups in total. The highest BCUT2D eigenvalue weighted by Crippen LogP contribution is 2.34. The van der Waals surface area contributed by atoms with Crippen molar-refractivity contribution in [3.8, 4) is 0 Å². The maximum absolute atomic E-state index is 14.6. The lowest BCUT2D eigenvalue weighted by atomic mass is 9.85. The number of nitrogens with one attached hydrogen (secondary N) is 8. The van der Waals surface area contributed by atoms with Gasteiger partial charge in [-0.3, -0.25) is 38.4 Å². The molecule has 2 aliphatic carbocycles. The summed E-state index contributed by atoms with van der Waals surface area (Å²) in [5.74, 6) is -3.75. The van der Waals surface area contributed by atoms with Gasteiger partial charge in [0.1, 0.15) is 30.6 Å². The third-order valence-electron chi connectivity index (χ3n) is 14.6. The lowest BCUT2D eigenvalue weighted by Gasteiger charge is -2.36. The molecule has 8 amide bonds. The van der Waals surface area contributed by atoms with Gasteiger partial charge >= 0.3 is 0 Å². The predicted octanol–water partition coefficient (Wildman–Crippen LogP) is 2.21. The van der Waals surface area contributed by atoms with Crippen molar-refractivity contribution in [2.24, 2.45) is 10.8 Å². The zero-order valence-corrected chi connectivity index (χ0v) is 43.3. The Bertz CT molecular complexity index is 2150. The van der Waals surface area contributed by atoms with E-state index >= 15 is 0 Å². The fourth-order valence-electron chi connectivity index (χ4n) is 10.3. The largest absolute Gasteiger partial charge is 0.351 e. The number of rotatable bonds is 16. The van der Waals surface area contributed by atoms with E-state index in [-0.39, 0.29) is 61.6 Å². The van der Waals surface area contributed by atoms with Gasteiger partial charge in [0.25, 0.3) is 0 Å². The second-order valence-corrected chi connectivity index (χ2v) is 22.1. The molecule has 2 saturated heterocycles. The highest BCUT2D eigenvalue weighted by Gasteiger charge is 2.48. The number of hydrogen-bond acceptors (Lipinski definition) is 10. The van der Waals surface area contributed by atoms with Crippen LogP contribution in [0.25, 0.3) is 0 Å². The van der Waals surface area contributed by atoms with Gasteiger partial charge in [0.15, 0.2) is 0 Å². The Hall–Kier alpha value is -5.88. The Morgan fingerprint density at radius 1 is 0.563 bits per heavy atom. The maximum Gasteiger partial charge on any atom is 0.246 e. The smallest absolute Gasteiger partial charge is 0.246 e. The minimum atomic E-state index is -1.01. The summed E-state index contributed by atoms with van der Waals surface area (Å²) in [6.07, 6.45) is 4.52. The summed E-state index contributed by atoms with van der Waals surface area (Å²) in [5, 5.41) is 23.7. The molecule has 2 aromatic rings. The molecular weight excluding hydrogens is 905 g/mol. The van der Waals surface area contributed by atoms with E-state index in [1.165, 1.54) is 9.80 Å². The molecule has 6 rings (SSSR count). The molecule has 0 radical (unpaired) electrons. The molecule has 18 heteroatoms. The van der Waals surface area contributed by atoms with Gasteiger partial charge in [0, 0.05) is 25.2 Å². The first-order valence-electron chi connectivity index (χ1n) is 25.4. The summed E-state index contributed by atoms with van der Waals surface area (Å²) < 4.78 is 0. The molecule has 2 aliphatic heterocycles. The van der Waals surface area contributed by atoms with E-state index in [4.69, 9.17) is 0 Å². The second kappa shape index (κ2) is 23.1. The molecule has 0 unspecified atom stereocenters. The average molecular weight is 983 g/mol. The van der Waals surface area contributed by atoms with Crippen molar-refractivity contribution in [1.82, 2.24) is 52.3 Å². The van der Waals surface area contributed by atoms with E-state index in [0.717, 1.165) is 60.8 Å². The number of nitrogens with zero attached hydrogens (tertiary/aromatic N) is 2. The van der Waals surface area contributed by atoms with Crippen molar-refractivity contribution in [2.45, 2.75) is 174 Å². The first-order chi connectivity index (χ1) is 33.5. The molecule has 0 saturated carbocycles. The van der Waals surface area contributed by atoms with Gasteiger partial charge in [-0.2, -0.15) is 0 Å². The summed E-state index contributed by atoms with van der Waals surface area (Å²) in [5.41, 5.74) is 2.85. The number of aryl methyl sites for hydroxylation is 2. The average Bonchev–Trinajstić information content (AvgIpc) is 3.95. The lowest BCUT2D eigenvalue weighted by molar-refractivity contribution is -0.144. The van der Waals surface area contributed by atoms with Crippen LogP contribution in [0.3, 0.4) is 0 Å². The van der Waals surface area contributed by atoms with Crippen LogP contribution in [0.1, 0.15) is 135 Å². The molecular formula is C53H78N10O8. The molecule has 10 atom stereocenters. The summed E-state index contributed by atoms with van der Waals surface area (Å²) in [6, 6.07) is 8.77. The van der Waals surface area contributed by atoms with E-state index < -0.39 is 89.2 Å². The lowest BCUT2D eigenvalue weighted by Crippen LogP contribution is -2.59. The van der Waals surface area contributed by atoms with Crippen molar-refractivity contribution >= 4 is 47.3 Å². The van der Waals surface area contributed by atoms with Gasteiger partial charge in [-0.25, -0.2) is 0 Å². The highest BCUT2D eigenvalue weighted by molar-refractivity contribution is 5.98. The van der Waals surface area contributed by atoms with Gasteiger partial charge in [0.05, 0.1) is 24.2 Å². The molecule has 388 valence electrons. The normalized spacial score (nSPS) is 23.7. The first kappa shape index (κ1) is 54.5. The van der Waals surface area contributed by atoms with E-state index in [1.807, 2.05) is 77.9 Å². The number of hydrogen-bond donors (Lipinski definition) is 8. The molecule has 0 bridgehead atoms. The van der Waals surface area contributed by atoms with Crippen LogP contribution in [0.4, 0.5) is 0 Å². The minimum Gasteiger partial charge on any atom is -0.351 e. The van der Waals surface area contributed by atoms with Gasteiger partial charge in [0.2, 0.25) is 47.3 Å². The van der Waals surface area contributed by atoms with Crippen LogP contribution in [-0.4, -0.2) is 133 Å². The molecule has 0 aromatic heterocycles. The monoisotopic (exact) mass is 983 g/mol. The van der Waals surface area contributed by atoms with Crippen molar-refractivity contribution in [3.05, 3.63) is 70.8 Å². The molecule has 2 fully saturated rings. The first-order valence-corrected chi connectivity index (χ1v) is 25.4. The van der Waals surface area contributed by atoms with Crippen LogP contribution in [0.5, 0.6) is 0 Å². The topological polar surface area (TPSA) is 239 Å². The summed E-state index contributed by atoms with van der Waals surface area (Å²) in [7, 11) is 3.29. The molecule has 18 nitrogen and oxygen atoms in total. The van der Waals surface area contributed by atoms with Crippen molar-refractivity contribution in [1.29, 1.82) is 0 Å². The molecule has 0 spiro atoms. The van der Waals surface area contributed by atoms with E-state index in [1.54, 1.807) is 27.9 Å². The fourth-order valence-corrected chi connectivity index (χ4v) is 10.3. The maximum atomic E-state index is 14.6. The van der Waals surface area contributed by atoms with Crippen LogP contribution in [0.2, 0.25) is 0 Å². The fraction of sp³-hybridized carbons (Fsp3) is 0.623. The summed E-state index contributed by atoms with van der Waals surface area (Å²) >= 11 is 0. The summed E-state index contributed by atoms with van der Waals surface area (Å²) in [6.45, 7) is 14.3. The third kappa shape index (κ3) is 13.4. The second-order valence-electron chi connectivity index (χ2n) is 22.1. The number of likely N-dealkylation sites (tertiary alicyclic amines) is 2. The Balaban J connectivity index is 1.17. The molecule has 4 aliphatic rings. The van der Waals surface area contributed by atoms with Crippen molar-refractivity contribution in [3.63, 3.8) is 0 Å². The Kier molecular flexibility index (Phi) is 17.7.